The van der Waals surface area contributed by atoms with Gasteiger partial charge in [-0.2, -0.15) is 18.3 Å². The molecule has 0 bridgehead atoms. The van der Waals surface area contributed by atoms with E-state index in [2.05, 4.69) is 10.4 Å². The molecule has 0 saturated heterocycles. The van der Waals surface area contributed by atoms with Crippen LogP contribution in [0.2, 0.25) is 0 Å². The first kappa shape index (κ1) is 13.3. The van der Waals surface area contributed by atoms with Gasteiger partial charge in [-0.15, -0.1) is 11.6 Å². The lowest BCUT2D eigenvalue weighted by molar-refractivity contribution is -0.141. The number of rotatable bonds is 5. The highest BCUT2D eigenvalue weighted by Gasteiger charge is 2.33. The van der Waals surface area contributed by atoms with Gasteiger partial charge < -0.3 is 5.32 Å². The monoisotopic (exact) mass is 255 g/mol. The van der Waals surface area contributed by atoms with Crippen molar-refractivity contribution in [3.05, 3.63) is 17.5 Å². The number of nitrogens with zero attached hydrogens (tertiary/aromatic N) is 1. The smallest absolute Gasteiger partial charge is 0.320 e. The Hall–Kier alpha value is -0.750. The van der Waals surface area contributed by atoms with Crippen LogP contribution in [-0.2, 0) is 6.18 Å². The molecule has 7 heteroatoms. The topological polar surface area (TPSA) is 40.7 Å². The predicted octanol–water partition coefficient (Wildman–Crippen LogP) is 2.71. The molecule has 0 aliphatic carbocycles. The van der Waals surface area contributed by atoms with Crippen LogP contribution in [0.3, 0.4) is 0 Å². The molecular formula is C9H13ClF3N3. The quantitative estimate of drug-likeness (QED) is 0.627. The highest BCUT2D eigenvalue weighted by atomic mass is 35.5. The molecule has 0 saturated carbocycles. The third-order valence-corrected chi connectivity index (χ3v) is 2.55. The van der Waals surface area contributed by atoms with Crippen molar-refractivity contribution < 1.29 is 13.2 Å². The fourth-order valence-corrected chi connectivity index (χ4v) is 1.51. The molecule has 0 amide bonds. The zero-order valence-electron chi connectivity index (χ0n) is 8.74. The largest absolute Gasteiger partial charge is 0.432 e. The molecule has 2 N–H and O–H groups in total. The van der Waals surface area contributed by atoms with Gasteiger partial charge in [0.2, 0.25) is 0 Å². The van der Waals surface area contributed by atoms with Gasteiger partial charge >= 0.3 is 6.18 Å². The zero-order chi connectivity index (χ0) is 12.2. The van der Waals surface area contributed by atoms with Crippen LogP contribution in [0.1, 0.15) is 29.6 Å². The summed E-state index contributed by atoms with van der Waals surface area (Å²) in [5, 5.41) is 7.96. The Kier molecular flexibility index (Phi) is 4.61. The molecule has 3 nitrogen and oxygen atoms in total. The Morgan fingerprint density at radius 2 is 2.25 bits per heavy atom. The summed E-state index contributed by atoms with van der Waals surface area (Å²) < 4.78 is 36.7. The van der Waals surface area contributed by atoms with Gasteiger partial charge in [0.25, 0.3) is 0 Å². The standard InChI is InChI=1S/C9H13ClF3N3/c1-14-4-2-3-6(10)7-5-8(16-15-7)9(11,12)13/h5-6,14H,2-4H2,1H3,(H,15,16). The Bertz CT molecular complexity index is 324. The van der Waals surface area contributed by atoms with Crippen LogP contribution in [0.15, 0.2) is 6.07 Å². The van der Waals surface area contributed by atoms with Crippen LogP contribution >= 0.6 is 11.6 Å². The number of halogens is 4. The van der Waals surface area contributed by atoms with Gasteiger partial charge in [0.1, 0.15) is 5.69 Å². The molecule has 0 aliphatic heterocycles. The summed E-state index contributed by atoms with van der Waals surface area (Å²) in [5.41, 5.74) is -0.619. The number of alkyl halides is 4. The Balaban J connectivity index is 2.56. The second-order valence-electron chi connectivity index (χ2n) is 3.42. The van der Waals surface area contributed by atoms with Crippen LogP contribution in [0, 0.1) is 0 Å². The summed E-state index contributed by atoms with van der Waals surface area (Å²) in [6.07, 6.45) is -3.02. The lowest BCUT2D eigenvalue weighted by atomic mass is 10.2. The lowest BCUT2D eigenvalue weighted by Gasteiger charge is -2.05. The molecule has 1 aromatic rings. The van der Waals surface area contributed by atoms with Crippen molar-refractivity contribution in [3.63, 3.8) is 0 Å². The first-order valence-electron chi connectivity index (χ1n) is 4.86. The van der Waals surface area contributed by atoms with E-state index >= 15 is 0 Å². The van der Waals surface area contributed by atoms with Crippen molar-refractivity contribution >= 4 is 11.6 Å². The summed E-state index contributed by atoms with van der Waals surface area (Å²) in [4.78, 5) is 0. The average Bonchev–Trinajstić information content (AvgIpc) is 2.66. The van der Waals surface area contributed by atoms with Crippen LogP contribution in [0.25, 0.3) is 0 Å². The minimum atomic E-state index is -4.40. The Morgan fingerprint density at radius 1 is 1.56 bits per heavy atom. The van der Waals surface area contributed by atoms with Crippen LogP contribution in [0.5, 0.6) is 0 Å². The normalized spacial score (nSPS) is 14.1. The summed E-state index contributed by atoms with van der Waals surface area (Å²) >= 11 is 5.93. The predicted molar refractivity (Wildman–Crippen MR) is 55.3 cm³/mol. The van der Waals surface area contributed by atoms with E-state index in [4.69, 9.17) is 11.6 Å². The van der Waals surface area contributed by atoms with E-state index in [-0.39, 0.29) is 5.69 Å². The number of hydrogen-bond acceptors (Lipinski definition) is 2. The summed E-state index contributed by atoms with van der Waals surface area (Å²) in [7, 11) is 1.81. The Labute approximate surface area is 96.4 Å². The van der Waals surface area contributed by atoms with Gasteiger partial charge in [0.15, 0.2) is 0 Å². The van der Waals surface area contributed by atoms with Gasteiger partial charge in [-0.3, -0.25) is 5.10 Å². The molecule has 0 radical (unpaired) electrons. The van der Waals surface area contributed by atoms with Gasteiger partial charge in [0.05, 0.1) is 11.1 Å². The van der Waals surface area contributed by atoms with Crippen LogP contribution < -0.4 is 5.32 Å². The van der Waals surface area contributed by atoms with Crippen molar-refractivity contribution in [2.45, 2.75) is 24.4 Å². The lowest BCUT2D eigenvalue weighted by Crippen LogP contribution is -2.08. The van der Waals surface area contributed by atoms with Crippen molar-refractivity contribution in [1.82, 2.24) is 15.5 Å². The molecule has 1 unspecified atom stereocenters. The van der Waals surface area contributed by atoms with Crippen molar-refractivity contribution in [1.29, 1.82) is 0 Å². The van der Waals surface area contributed by atoms with Crippen LogP contribution in [-0.4, -0.2) is 23.8 Å². The maximum Gasteiger partial charge on any atom is 0.432 e. The van der Waals surface area contributed by atoms with Crippen LogP contribution in [0.4, 0.5) is 13.2 Å². The van der Waals surface area contributed by atoms with Gasteiger partial charge in [-0.1, -0.05) is 0 Å². The Morgan fingerprint density at radius 3 is 2.75 bits per heavy atom. The summed E-state index contributed by atoms with van der Waals surface area (Å²) in [5.74, 6) is 0. The minimum absolute atomic E-state index is 0.241. The fourth-order valence-electron chi connectivity index (χ4n) is 1.25. The second kappa shape index (κ2) is 5.54. The third-order valence-electron chi connectivity index (χ3n) is 2.11. The molecule has 92 valence electrons. The molecule has 16 heavy (non-hydrogen) atoms. The molecule has 0 aliphatic rings. The number of aromatic amines is 1. The van der Waals surface area contributed by atoms with E-state index < -0.39 is 17.2 Å². The molecule has 1 aromatic heterocycles. The molecule has 0 spiro atoms. The van der Waals surface area contributed by atoms with E-state index in [0.29, 0.717) is 6.42 Å². The SMILES string of the molecule is CNCCCC(Cl)c1cc(C(F)(F)F)[nH]n1. The minimum Gasteiger partial charge on any atom is -0.320 e. The molecule has 0 fully saturated rings. The van der Waals surface area contributed by atoms with Crippen molar-refractivity contribution in [2.24, 2.45) is 0 Å². The summed E-state index contributed by atoms with van der Waals surface area (Å²) in [6, 6.07) is 0.955. The van der Waals surface area contributed by atoms with Gasteiger partial charge in [-0.05, 0) is 32.5 Å². The number of H-pyrrole nitrogens is 1. The molecule has 1 rings (SSSR count). The van der Waals surface area contributed by atoms with Crippen molar-refractivity contribution in [3.8, 4) is 0 Å². The van der Waals surface area contributed by atoms with E-state index in [1.165, 1.54) is 0 Å². The molecule has 0 aromatic carbocycles. The number of hydrogen-bond donors (Lipinski definition) is 2. The average molecular weight is 256 g/mol. The van der Waals surface area contributed by atoms with E-state index in [1.54, 1.807) is 7.05 Å². The maximum atomic E-state index is 12.2. The van der Waals surface area contributed by atoms with Gasteiger partial charge in [-0.25, -0.2) is 0 Å². The first-order chi connectivity index (χ1) is 7.45. The van der Waals surface area contributed by atoms with E-state index in [1.807, 2.05) is 5.10 Å². The highest BCUT2D eigenvalue weighted by molar-refractivity contribution is 6.20. The van der Waals surface area contributed by atoms with E-state index in [9.17, 15) is 13.2 Å². The first-order valence-corrected chi connectivity index (χ1v) is 5.30. The molecule has 1 heterocycles. The molecular weight excluding hydrogens is 243 g/mol. The third kappa shape index (κ3) is 3.68. The van der Waals surface area contributed by atoms with Crippen molar-refractivity contribution in [2.75, 3.05) is 13.6 Å². The number of nitrogens with one attached hydrogen (secondary N) is 2. The zero-order valence-corrected chi connectivity index (χ0v) is 9.49. The van der Waals surface area contributed by atoms with Gasteiger partial charge in [0, 0.05) is 0 Å². The fraction of sp³-hybridized carbons (Fsp3) is 0.667. The second-order valence-corrected chi connectivity index (χ2v) is 3.94. The van der Waals surface area contributed by atoms with E-state index in [0.717, 1.165) is 19.0 Å². The maximum absolute atomic E-state index is 12.2. The molecule has 1 atom stereocenters. The highest BCUT2D eigenvalue weighted by Crippen LogP contribution is 2.31. The summed E-state index contributed by atoms with van der Waals surface area (Å²) in [6.45, 7) is 0.778. The number of aromatic nitrogens is 2.